The van der Waals surface area contributed by atoms with E-state index in [0.29, 0.717) is 25.1 Å². The maximum Gasteiger partial charge on any atom is 0.313 e. The number of aryl methyl sites for hydroxylation is 1. The predicted molar refractivity (Wildman–Crippen MR) is 76.7 cm³/mol. The third-order valence-corrected chi connectivity index (χ3v) is 3.56. The molecule has 1 aromatic rings. The number of carboxylic acids is 1. The Morgan fingerprint density at radius 3 is 2.52 bits per heavy atom. The quantitative estimate of drug-likeness (QED) is 0.803. The van der Waals surface area contributed by atoms with Crippen LogP contribution < -0.4 is 5.32 Å². The standard InChI is InChI=1S/C15H18N2O4/c1-10-4-6-12(7-5-10)16-13(18)14(19)17-8-2-3-11(9-17)15(20)21/h4-7,11H,2-3,8-9H2,1H3,(H,16,18)(H,20,21)/t11-/m1/s1. The van der Waals surface area contributed by atoms with E-state index in [2.05, 4.69) is 5.32 Å². The van der Waals surface area contributed by atoms with E-state index in [9.17, 15) is 14.4 Å². The molecule has 1 fully saturated rings. The molecule has 112 valence electrons. The summed E-state index contributed by atoms with van der Waals surface area (Å²) in [6, 6.07) is 7.11. The largest absolute Gasteiger partial charge is 0.481 e. The van der Waals surface area contributed by atoms with Crippen molar-refractivity contribution in [2.75, 3.05) is 18.4 Å². The monoisotopic (exact) mass is 290 g/mol. The van der Waals surface area contributed by atoms with Crippen molar-refractivity contribution in [1.82, 2.24) is 4.90 Å². The van der Waals surface area contributed by atoms with Gasteiger partial charge < -0.3 is 15.3 Å². The number of nitrogens with one attached hydrogen (secondary N) is 1. The van der Waals surface area contributed by atoms with Crippen LogP contribution in [0.5, 0.6) is 0 Å². The van der Waals surface area contributed by atoms with Crippen molar-refractivity contribution in [3.63, 3.8) is 0 Å². The number of nitrogens with zero attached hydrogens (tertiary/aromatic N) is 1. The molecule has 1 aliphatic heterocycles. The Morgan fingerprint density at radius 1 is 1.24 bits per heavy atom. The second-order valence-electron chi connectivity index (χ2n) is 5.25. The van der Waals surface area contributed by atoms with Gasteiger partial charge in [0.1, 0.15) is 0 Å². The van der Waals surface area contributed by atoms with Crippen LogP contribution in [0.15, 0.2) is 24.3 Å². The van der Waals surface area contributed by atoms with Gasteiger partial charge in [0.25, 0.3) is 0 Å². The minimum Gasteiger partial charge on any atom is -0.481 e. The number of anilines is 1. The fraction of sp³-hybridized carbons (Fsp3) is 0.400. The van der Waals surface area contributed by atoms with Gasteiger partial charge in [-0.25, -0.2) is 0 Å². The first-order valence-corrected chi connectivity index (χ1v) is 6.87. The predicted octanol–water partition coefficient (Wildman–Crippen LogP) is 1.26. The third kappa shape index (κ3) is 3.81. The first-order valence-electron chi connectivity index (χ1n) is 6.87. The van der Waals surface area contributed by atoms with Crippen LogP contribution >= 0.6 is 0 Å². The van der Waals surface area contributed by atoms with Crippen molar-refractivity contribution >= 4 is 23.5 Å². The van der Waals surface area contributed by atoms with Crippen LogP contribution in [-0.2, 0) is 14.4 Å². The second-order valence-corrected chi connectivity index (χ2v) is 5.25. The number of aliphatic carboxylic acids is 1. The molecule has 21 heavy (non-hydrogen) atoms. The summed E-state index contributed by atoms with van der Waals surface area (Å²) in [5, 5.41) is 11.5. The molecule has 0 aromatic heterocycles. The molecule has 0 spiro atoms. The molecule has 0 unspecified atom stereocenters. The lowest BCUT2D eigenvalue weighted by molar-refractivity contribution is -0.149. The van der Waals surface area contributed by atoms with Crippen LogP contribution in [-0.4, -0.2) is 40.9 Å². The molecule has 2 N–H and O–H groups in total. The molecule has 6 nitrogen and oxygen atoms in total. The molecule has 1 atom stereocenters. The molecule has 1 aromatic carbocycles. The summed E-state index contributed by atoms with van der Waals surface area (Å²) in [4.78, 5) is 36.3. The molecule has 1 aliphatic rings. The van der Waals surface area contributed by atoms with E-state index in [4.69, 9.17) is 5.11 Å². The lowest BCUT2D eigenvalue weighted by Gasteiger charge is -2.30. The van der Waals surface area contributed by atoms with Crippen molar-refractivity contribution in [2.45, 2.75) is 19.8 Å². The second kappa shape index (κ2) is 6.39. The van der Waals surface area contributed by atoms with E-state index >= 15 is 0 Å². The third-order valence-electron chi connectivity index (χ3n) is 3.56. The molecule has 1 heterocycles. The van der Waals surface area contributed by atoms with Gasteiger partial charge in [-0.2, -0.15) is 0 Å². The lowest BCUT2D eigenvalue weighted by Crippen LogP contribution is -2.46. The Balaban J connectivity index is 1.97. The summed E-state index contributed by atoms with van der Waals surface area (Å²) < 4.78 is 0. The van der Waals surface area contributed by atoms with E-state index in [0.717, 1.165) is 5.56 Å². The average Bonchev–Trinajstić information content (AvgIpc) is 2.49. The minimum atomic E-state index is -0.925. The van der Waals surface area contributed by atoms with Crippen molar-refractivity contribution < 1.29 is 19.5 Å². The highest BCUT2D eigenvalue weighted by Crippen LogP contribution is 2.17. The SMILES string of the molecule is Cc1ccc(NC(=O)C(=O)N2CCC[C@@H](C(=O)O)C2)cc1. The number of carbonyl (C=O) groups excluding carboxylic acids is 2. The van der Waals surface area contributed by atoms with Crippen molar-refractivity contribution in [3.05, 3.63) is 29.8 Å². The first-order chi connectivity index (χ1) is 9.97. The van der Waals surface area contributed by atoms with Crippen molar-refractivity contribution in [2.24, 2.45) is 5.92 Å². The van der Waals surface area contributed by atoms with Crippen molar-refractivity contribution in [3.8, 4) is 0 Å². The molecule has 1 saturated heterocycles. The molecule has 6 heteroatoms. The molecular formula is C15H18N2O4. The number of benzene rings is 1. The van der Waals surface area contributed by atoms with Gasteiger partial charge in [0.15, 0.2) is 0 Å². The van der Waals surface area contributed by atoms with Crippen LogP contribution in [0.4, 0.5) is 5.69 Å². The fourth-order valence-corrected chi connectivity index (χ4v) is 2.33. The summed E-state index contributed by atoms with van der Waals surface area (Å²) in [6.45, 7) is 2.44. The highest BCUT2D eigenvalue weighted by atomic mass is 16.4. The number of hydrogen-bond donors (Lipinski definition) is 2. The van der Waals surface area contributed by atoms with Crippen LogP contribution in [0.25, 0.3) is 0 Å². The first kappa shape index (κ1) is 15.0. The fourth-order valence-electron chi connectivity index (χ4n) is 2.33. The zero-order valence-electron chi connectivity index (χ0n) is 11.8. The van der Waals surface area contributed by atoms with Gasteiger partial charge in [0.2, 0.25) is 0 Å². The minimum absolute atomic E-state index is 0.0927. The topological polar surface area (TPSA) is 86.7 Å². The van der Waals surface area contributed by atoms with E-state index in [1.807, 2.05) is 19.1 Å². The Morgan fingerprint density at radius 2 is 1.90 bits per heavy atom. The molecular weight excluding hydrogens is 272 g/mol. The van der Waals surface area contributed by atoms with E-state index < -0.39 is 23.7 Å². The van der Waals surface area contributed by atoms with Crippen LogP contribution in [0, 0.1) is 12.8 Å². The van der Waals surface area contributed by atoms with Gasteiger partial charge in [0.05, 0.1) is 5.92 Å². The van der Waals surface area contributed by atoms with Gasteiger partial charge in [-0.15, -0.1) is 0 Å². The number of likely N-dealkylation sites (tertiary alicyclic amines) is 1. The average molecular weight is 290 g/mol. The lowest BCUT2D eigenvalue weighted by atomic mass is 9.98. The molecule has 2 rings (SSSR count). The summed E-state index contributed by atoms with van der Waals surface area (Å²) in [5.74, 6) is -2.92. The summed E-state index contributed by atoms with van der Waals surface area (Å²) in [7, 11) is 0. The molecule has 0 aliphatic carbocycles. The highest BCUT2D eigenvalue weighted by Gasteiger charge is 2.31. The number of hydrogen-bond acceptors (Lipinski definition) is 3. The summed E-state index contributed by atoms with van der Waals surface area (Å²) >= 11 is 0. The normalized spacial score (nSPS) is 18.1. The maximum absolute atomic E-state index is 12.1. The summed E-state index contributed by atoms with van der Waals surface area (Å²) in [6.07, 6.45) is 1.14. The molecule has 2 amide bonds. The maximum atomic E-state index is 12.1. The number of amides is 2. The van der Waals surface area contributed by atoms with Crippen LogP contribution in [0.3, 0.4) is 0 Å². The number of rotatable bonds is 2. The smallest absolute Gasteiger partial charge is 0.313 e. The van der Waals surface area contributed by atoms with E-state index in [-0.39, 0.29) is 6.54 Å². The Hall–Kier alpha value is -2.37. The van der Waals surface area contributed by atoms with E-state index in [1.165, 1.54) is 4.90 Å². The van der Waals surface area contributed by atoms with Crippen LogP contribution in [0.1, 0.15) is 18.4 Å². The Labute approximate surface area is 122 Å². The summed E-state index contributed by atoms with van der Waals surface area (Å²) in [5.41, 5.74) is 1.60. The van der Waals surface area contributed by atoms with E-state index in [1.54, 1.807) is 12.1 Å². The molecule has 0 saturated carbocycles. The molecule has 0 bridgehead atoms. The van der Waals surface area contributed by atoms with Crippen molar-refractivity contribution in [1.29, 1.82) is 0 Å². The van der Waals surface area contributed by atoms with Gasteiger partial charge in [-0.3, -0.25) is 14.4 Å². The van der Waals surface area contributed by atoms with Crippen LogP contribution in [0.2, 0.25) is 0 Å². The number of carbonyl (C=O) groups is 3. The van der Waals surface area contributed by atoms with Gasteiger partial charge in [-0.05, 0) is 31.9 Å². The highest BCUT2D eigenvalue weighted by molar-refractivity contribution is 6.39. The Bertz CT molecular complexity index is 553. The number of carboxylic acid groups (broad SMARTS) is 1. The zero-order valence-corrected chi connectivity index (χ0v) is 11.8. The number of piperidine rings is 1. The van der Waals surface area contributed by atoms with Gasteiger partial charge in [-0.1, -0.05) is 17.7 Å². The zero-order chi connectivity index (χ0) is 15.4. The van der Waals surface area contributed by atoms with Gasteiger partial charge in [0, 0.05) is 18.8 Å². The van der Waals surface area contributed by atoms with Gasteiger partial charge >= 0.3 is 17.8 Å². The Kier molecular flexibility index (Phi) is 4.57. The molecule has 0 radical (unpaired) electrons.